The number of halogens is 2. The van der Waals surface area contributed by atoms with Gasteiger partial charge in [-0.15, -0.1) is 24.8 Å². The molecular weight excluding hydrogens is 275 g/mol. The molecule has 7 heteroatoms. The van der Waals surface area contributed by atoms with Gasteiger partial charge in [-0.05, 0) is 13.8 Å². The van der Waals surface area contributed by atoms with Crippen LogP contribution in [0.1, 0.15) is 24.3 Å². The third-order valence-electron chi connectivity index (χ3n) is 2.81. The zero-order valence-electron chi connectivity index (χ0n) is 10.4. The van der Waals surface area contributed by atoms with Crippen molar-refractivity contribution in [2.75, 3.05) is 13.1 Å². The molecule has 2 heterocycles. The van der Waals surface area contributed by atoms with Gasteiger partial charge in [-0.3, -0.25) is 9.78 Å². The Morgan fingerprint density at radius 3 is 2.72 bits per heavy atom. The third-order valence-corrected chi connectivity index (χ3v) is 2.81. The predicted octanol–water partition coefficient (Wildman–Crippen LogP) is 1.14. The van der Waals surface area contributed by atoms with Gasteiger partial charge in [-0.25, -0.2) is 4.98 Å². The minimum absolute atomic E-state index is 0. The molecule has 0 radical (unpaired) electrons. The molecule has 0 bridgehead atoms. The van der Waals surface area contributed by atoms with Gasteiger partial charge in [0.2, 0.25) is 0 Å². The van der Waals surface area contributed by atoms with Crippen molar-refractivity contribution in [1.82, 2.24) is 20.2 Å². The number of carbonyl (C=O) groups is 1. The Balaban J connectivity index is 0.00000144. The van der Waals surface area contributed by atoms with Crippen molar-refractivity contribution < 1.29 is 4.79 Å². The first-order chi connectivity index (χ1) is 7.68. The molecule has 102 valence electrons. The molecule has 2 unspecified atom stereocenters. The quantitative estimate of drug-likeness (QED) is 0.843. The maximum atomic E-state index is 12.2. The number of piperazine rings is 1. The Bertz CT molecular complexity index is 377. The van der Waals surface area contributed by atoms with Crippen LogP contribution in [0.5, 0.6) is 0 Å². The molecule has 1 aromatic heterocycles. The average molecular weight is 293 g/mol. The van der Waals surface area contributed by atoms with Gasteiger partial charge in [0, 0.05) is 37.6 Å². The van der Waals surface area contributed by atoms with E-state index >= 15 is 0 Å². The SMILES string of the molecule is CC1CN(C(=O)c2cnccn2)C(C)CN1.Cl.Cl. The number of hydrogen-bond acceptors (Lipinski definition) is 4. The molecule has 1 saturated heterocycles. The molecule has 1 aliphatic heterocycles. The summed E-state index contributed by atoms with van der Waals surface area (Å²) in [6, 6.07) is 0.530. The summed E-state index contributed by atoms with van der Waals surface area (Å²) in [5.41, 5.74) is 0.420. The number of amides is 1. The Kier molecular flexibility index (Phi) is 7.13. The van der Waals surface area contributed by atoms with Crippen LogP contribution in [0.3, 0.4) is 0 Å². The van der Waals surface area contributed by atoms with Gasteiger partial charge < -0.3 is 10.2 Å². The highest BCUT2D eigenvalue weighted by atomic mass is 35.5. The summed E-state index contributed by atoms with van der Waals surface area (Å²) in [6.07, 6.45) is 4.63. The second kappa shape index (κ2) is 7.51. The van der Waals surface area contributed by atoms with E-state index in [0.29, 0.717) is 11.7 Å². The van der Waals surface area contributed by atoms with E-state index in [0.717, 1.165) is 13.1 Å². The summed E-state index contributed by atoms with van der Waals surface area (Å²) >= 11 is 0. The predicted molar refractivity (Wildman–Crippen MR) is 74.5 cm³/mol. The lowest BCUT2D eigenvalue weighted by molar-refractivity contribution is 0.0610. The Labute approximate surface area is 119 Å². The second-order valence-electron chi connectivity index (χ2n) is 4.21. The number of carbonyl (C=O) groups excluding carboxylic acids is 1. The number of nitrogens with one attached hydrogen (secondary N) is 1. The molecule has 0 spiro atoms. The molecule has 1 N–H and O–H groups in total. The second-order valence-corrected chi connectivity index (χ2v) is 4.21. The molecule has 2 rings (SSSR count). The lowest BCUT2D eigenvalue weighted by Crippen LogP contribution is -2.56. The summed E-state index contributed by atoms with van der Waals surface area (Å²) < 4.78 is 0. The zero-order chi connectivity index (χ0) is 11.5. The van der Waals surface area contributed by atoms with Gasteiger partial charge in [0.15, 0.2) is 0 Å². The molecule has 5 nitrogen and oxygen atoms in total. The van der Waals surface area contributed by atoms with Gasteiger partial charge in [0.25, 0.3) is 5.91 Å². The minimum atomic E-state index is -0.0334. The maximum Gasteiger partial charge on any atom is 0.274 e. The van der Waals surface area contributed by atoms with E-state index in [-0.39, 0.29) is 36.8 Å². The fraction of sp³-hybridized carbons (Fsp3) is 0.545. The van der Waals surface area contributed by atoms with Gasteiger partial charge in [0.05, 0.1) is 6.20 Å². The first-order valence-electron chi connectivity index (χ1n) is 5.49. The van der Waals surface area contributed by atoms with Crippen molar-refractivity contribution in [1.29, 1.82) is 0 Å². The summed E-state index contributed by atoms with van der Waals surface area (Å²) in [5, 5.41) is 3.34. The van der Waals surface area contributed by atoms with Crippen LogP contribution >= 0.6 is 24.8 Å². The molecule has 1 aromatic rings. The fourth-order valence-electron chi connectivity index (χ4n) is 1.86. The number of hydrogen-bond donors (Lipinski definition) is 1. The maximum absolute atomic E-state index is 12.2. The van der Waals surface area contributed by atoms with Gasteiger partial charge in [-0.2, -0.15) is 0 Å². The van der Waals surface area contributed by atoms with Crippen LogP contribution in [0.4, 0.5) is 0 Å². The van der Waals surface area contributed by atoms with Crippen molar-refractivity contribution >= 4 is 30.7 Å². The van der Waals surface area contributed by atoms with E-state index in [1.807, 2.05) is 11.8 Å². The van der Waals surface area contributed by atoms with Gasteiger partial charge in [0.1, 0.15) is 5.69 Å². The molecule has 1 fully saturated rings. The highest BCUT2D eigenvalue weighted by molar-refractivity contribution is 5.92. The van der Waals surface area contributed by atoms with E-state index in [9.17, 15) is 4.79 Å². The van der Waals surface area contributed by atoms with Crippen molar-refractivity contribution in [3.63, 3.8) is 0 Å². The first kappa shape index (κ1) is 17.1. The van der Waals surface area contributed by atoms with Crippen LogP contribution in [0.15, 0.2) is 18.6 Å². The summed E-state index contributed by atoms with van der Waals surface area (Å²) in [4.78, 5) is 22.0. The average Bonchev–Trinajstić information content (AvgIpc) is 2.32. The molecule has 0 saturated carbocycles. The first-order valence-corrected chi connectivity index (χ1v) is 5.49. The van der Waals surface area contributed by atoms with E-state index in [1.165, 1.54) is 6.20 Å². The molecule has 1 aliphatic rings. The van der Waals surface area contributed by atoms with Gasteiger partial charge >= 0.3 is 0 Å². The van der Waals surface area contributed by atoms with Crippen molar-refractivity contribution in [2.24, 2.45) is 0 Å². The summed E-state index contributed by atoms with van der Waals surface area (Å²) in [5.74, 6) is -0.0334. The topological polar surface area (TPSA) is 58.1 Å². The highest BCUT2D eigenvalue weighted by Crippen LogP contribution is 2.10. The van der Waals surface area contributed by atoms with Crippen LogP contribution in [-0.4, -0.2) is 45.9 Å². The minimum Gasteiger partial charge on any atom is -0.332 e. The fourth-order valence-corrected chi connectivity index (χ4v) is 1.86. The lowest BCUT2D eigenvalue weighted by atomic mass is 10.1. The Morgan fingerprint density at radius 1 is 1.39 bits per heavy atom. The van der Waals surface area contributed by atoms with E-state index < -0.39 is 0 Å². The Morgan fingerprint density at radius 2 is 2.11 bits per heavy atom. The largest absolute Gasteiger partial charge is 0.332 e. The van der Waals surface area contributed by atoms with Crippen LogP contribution < -0.4 is 5.32 Å². The van der Waals surface area contributed by atoms with E-state index in [1.54, 1.807) is 12.4 Å². The standard InChI is InChI=1S/C11H16N4O.2ClH/c1-8-7-15(9(2)5-14-8)11(16)10-6-12-3-4-13-10;;/h3-4,6,8-9,14H,5,7H2,1-2H3;2*1H. The normalized spacial score (nSPS) is 22.7. The van der Waals surface area contributed by atoms with E-state index in [2.05, 4.69) is 22.2 Å². The van der Waals surface area contributed by atoms with Gasteiger partial charge in [-0.1, -0.05) is 0 Å². The van der Waals surface area contributed by atoms with Crippen molar-refractivity contribution in [3.8, 4) is 0 Å². The molecule has 0 aromatic carbocycles. The third kappa shape index (κ3) is 3.80. The molecule has 18 heavy (non-hydrogen) atoms. The number of nitrogens with zero attached hydrogens (tertiary/aromatic N) is 3. The molecule has 1 amide bonds. The van der Waals surface area contributed by atoms with Crippen LogP contribution in [-0.2, 0) is 0 Å². The number of aromatic nitrogens is 2. The molecular formula is C11H18Cl2N4O. The monoisotopic (exact) mass is 292 g/mol. The smallest absolute Gasteiger partial charge is 0.274 e. The van der Waals surface area contributed by atoms with Crippen LogP contribution in [0, 0.1) is 0 Å². The van der Waals surface area contributed by atoms with Crippen molar-refractivity contribution in [3.05, 3.63) is 24.3 Å². The van der Waals surface area contributed by atoms with Crippen LogP contribution in [0.2, 0.25) is 0 Å². The van der Waals surface area contributed by atoms with Crippen molar-refractivity contribution in [2.45, 2.75) is 25.9 Å². The van der Waals surface area contributed by atoms with Crippen LogP contribution in [0.25, 0.3) is 0 Å². The lowest BCUT2D eigenvalue weighted by Gasteiger charge is -2.37. The molecule has 0 aliphatic carbocycles. The highest BCUT2D eigenvalue weighted by Gasteiger charge is 2.27. The zero-order valence-corrected chi connectivity index (χ0v) is 12.0. The summed E-state index contributed by atoms with van der Waals surface area (Å²) in [7, 11) is 0. The van der Waals surface area contributed by atoms with E-state index in [4.69, 9.17) is 0 Å². The Hall–Kier alpha value is -0.910. The number of rotatable bonds is 1. The summed E-state index contributed by atoms with van der Waals surface area (Å²) in [6.45, 7) is 5.65. The molecule has 2 atom stereocenters.